The van der Waals surface area contributed by atoms with Crippen molar-refractivity contribution in [2.24, 2.45) is 0 Å². The summed E-state index contributed by atoms with van der Waals surface area (Å²) in [6.45, 7) is 4.94. The first kappa shape index (κ1) is 7.76. The van der Waals surface area contributed by atoms with Gasteiger partial charge in [-0.2, -0.15) is 0 Å². The second kappa shape index (κ2) is 4.47. The van der Waals surface area contributed by atoms with E-state index in [2.05, 4.69) is 24.4 Å². The lowest BCUT2D eigenvalue weighted by atomic mass is 10.2. The van der Waals surface area contributed by atoms with E-state index in [1.165, 1.54) is 0 Å². The summed E-state index contributed by atoms with van der Waals surface area (Å²) in [4.78, 5) is 0. The van der Waals surface area contributed by atoms with Crippen LogP contribution in [-0.4, -0.2) is 25.8 Å². The van der Waals surface area contributed by atoms with Gasteiger partial charge in [0.15, 0.2) is 0 Å². The second-order valence-corrected chi connectivity index (χ2v) is 2.45. The van der Waals surface area contributed by atoms with Crippen LogP contribution in [0, 0.1) is 0 Å². The zero-order valence-electron chi connectivity index (χ0n) is 6.47. The molecule has 0 aromatic rings. The predicted molar refractivity (Wildman–Crippen MR) is 42.0 cm³/mol. The maximum Gasteiger partial charge on any atom is 0.0880 e. The van der Waals surface area contributed by atoms with Crippen molar-refractivity contribution in [3.05, 3.63) is 12.2 Å². The van der Waals surface area contributed by atoms with Crippen molar-refractivity contribution in [3.63, 3.8) is 0 Å². The lowest BCUT2D eigenvalue weighted by Gasteiger charge is -2.20. The van der Waals surface area contributed by atoms with Gasteiger partial charge in [-0.15, -0.1) is 0 Å². The van der Waals surface area contributed by atoms with E-state index in [0.29, 0.717) is 6.10 Å². The summed E-state index contributed by atoms with van der Waals surface area (Å²) >= 11 is 0. The molecule has 0 bridgehead atoms. The van der Waals surface area contributed by atoms with Crippen LogP contribution in [0.3, 0.4) is 0 Å². The van der Waals surface area contributed by atoms with Gasteiger partial charge in [0.1, 0.15) is 0 Å². The summed E-state index contributed by atoms with van der Waals surface area (Å²) in [6.07, 6.45) is 5.69. The van der Waals surface area contributed by atoms with E-state index < -0.39 is 0 Å². The lowest BCUT2D eigenvalue weighted by Crippen LogP contribution is -2.37. The number of morpholine rings is 1. The molecule has 58 valence electrons. The fourth-order valence-corrected chi connectivity index (χ4v) is 0.997. The van der Waals surface area contributed by atoms with Gasteiger partial charge in [-0.05, 0) is 6.42 Å². The van der Waals surface area contributed by atoms with Gasteiger partial charge in [-0.3, -0.25) is 0 Å². The summed E-state index contributed by atoms with van der Waals surface area (Å²) < 4.78 is 5.43. The van der Waals surface area contributed by atoms with Crippen molar-refractivity contribution in [2.75, 3.05) is 19.7 Å². The SMILES string of the molecule is CC/C=C/C1CNCCO1. The third-order valence-electron chi connectivity index (χ3n) is 1.54. The first-order chi connectivity index (χ1) is 4.93. The molecule has 1 unspecified atom stereocenters. The van der Waals surface area contributed by atoms with Crippen LogP contribution in [0.25, 0.3) is 0 Å². The molecule has 0 aliphatic carbocycles. The Morgan fingerprint density at radius 2 is 2.60 bits per heavy atom. The fraction of sp³-hybridized carbons (Fsp3) is 0.750. The van der Waals surface area contributed by atoms with Crippen LogP contribution in [0.1, 0.15) is 13.3 Å². The molecule has 0 radical (unpaired) electrons. The molecule has 1 aliphatic heterocycles. The number of rotatable bonds is 2. The average molecular weight is 141 g/mol. The molecule has 1 heterocycles. The van der Waals surface area contributed by atoms with Crippen LogP contribution in [0.2, 0.25) is 0 Å². The molecule has 1 fully saturated rings. The normalized spacial score (nSPS) is 27.5. The zero-order valence-corrected chi connectivity index (χ0v) is 6.47. The standard InChI is InChI=1S/C8H15NO/c1-2-3-4-8-7-9-5-6-10-8/h3-4,8-9H,2,5-7H2,1H3/b4-3+. The van der Waals surface area contributed by atoms with Gasteiger partial charge in [-0.1, -0.05) is 19.1 Å². The highest BCUT2D eigenvalue weighted by Gasteiger charge is 2.07. The van der Waals surface area contributed by atoms with E-state index in [0.717, 1.165) is 26.1 Å². The molecule has 0 amide bonds. The first-order valence-electron chi connectivity index (χ1n) is 3.92. The second-order valence-electron chi connectivity index (χ2n) is 2.45. The topological polar surface area (TPSA) is 21.3 Å². The minimum atomic E-state index is 0.314. The van der Waals surface area contributed by atoms with Crippen molar-refractivity contribution in [1.29, 1.82) is 0 Å². The quantitative estimate of drug-likeness (QED) is 0.578. The summed E-state index contributed by atoms with van der Waals surface area (Å²) in [6, 6.07) is 0. The zero-order chi connectivity index (χ0) is 7.23. The highest BCUT2D eigenvalue weighted by Crippen LogP contribution is 1.97. The van der Waals surface area contributed by atoms with E-state index in [1.54, 1.807) is 0 Å². The minimum Gasteiger partial charge on any atom is -0.372 e. The Kier molecular flexibility index (Phi) is 3.47. The Balaban J connectivity index is 2.19. The maximum atomic E-state index is 5.43. The Morgan fingerprint density at radius 1 is 1.70 bits per heavy atom. The summed E-state index contributed by atoms with van der Waals surface area (Å²) in [5.74, 6) is 0. The van der Waals surface area contributed by atoms with Gasteiger partial charge in [0.25, 0.3) is 0 Å². The van der Waals surface area contributed by atoms with Crippen LogP contribution in [0.15, 0.2) is 12.2 Å². The Labute approximate surface area is 62.3 Å². The summed E-state index contributed by atoms with van der Waals surface area (Å²) in [7, 11) is 0. The van der Waals surface area contributed by atoms with Crippen LogP contribution in [-0.2, 0) is 4.74 Å². The van der Waals surface area contributed by atoms with Gasteiger partial charge in [-0.25, -0.2) is 0 Å². The Bertz CT molecular complexity index is 106. The van der Waals surface area contributed by atoms with Gasteiger partial charge < -0.3 is 10.1 Å². The third-order valence-corrected chi connectivity index (χ3v) is 1.54. The van der Waals surface area contributed by atoms with Crippen LogP contribution in [0.5, 0.6) is 0 Å². The minimum absolute atomic E-state index is 0.314. The molecule has 1 rings (SSSR count). The summed E-state index contributed by atoms with van der Waals surface area (Å²) in [5, 5.41) is 3.27. The monoisotopic (exact) mass is 141 g/mol. The van der Waals surface area contributed by atoms with Crippen molar-refractivity contribution in [3.8, 4) is 0 Å². The largest absolute Gasteiger partial charge is 0.372 e. The third kappa shape index (κ3) is 2.50. The molecule has 0 spiro atoms. The molecule has 1 atom stereocenters. The van der Waals surface area contributed by atoms with Gasteiger partial charge >= 0.3 is 0 Å². The van der Waals surface area contributed by atoms with Crippen molar-refractivity contribution >= 4 is 0 Å². The van der Waals surface area contributed by atoms with Crippen molar-refractivity contribution < 1.29 is 4.74 Å². The molecular formula is C8H15NO. The van der Waals surface area contributed by atoms with Gasteiger partial charge in [0, 0.05) is 13.1 Å². The highest BCUT2D eigenvalue weighted by atomic mass is 16.5. The molecule has 2 heteroatoms. The maximum absolute atomic E-state index is 5.43. The van der Waals surface area contributed by atoms with Crippen LogP contribution in [0.4, 0.5) is 0 Å². The smallest absolute Gasteiger partial charge is 0.0880 e. The van der Waals surface area contributed by atoms with Crippen molar-refractivity contribution in [2.45, 2.75) is 19.4 Å². The molecule has 10 heavy (non-hydrogen) atoms. The number of nitrogens with one attached hydrogen (secondary N) is 1. The Morgan fingerprint density at radius 3 is 3.20 bits per heavy atom. The number of hydrogen-bond donors (Lipinski definition) is 1. The molecule has 1 saturated heterocycles. The van der Waals surface area contributed by atoms with E-state index >= 15 is 0 Å². The molecular weight excluding hydrogens is 126 g/mol. The number of allylic oxidation sites excluding steroid dienone is 1. The highest BCUT2D eigenvalue weighted by molar-refractivity contribution is 4.91. The summed E-state index contributed by atoms with van der Waals surface area (Å²) in [5.41, 5.74) is 0. The van der Waals surface area contributed by atoms with Crippen LogP contribution >= 0.6 is 0 Å². The fourth-order valence-electron chi connectivity index (χ4n) is 0.997. The molecule has 0 aromatic heterocycles. The lowest BCUT2D eigenvalue weighted by molar-refractivity contribution is 0.0590. The molecule has 0 saturated carbocycles. The van der Waals surface area contributed by atoms with E-state index in [-0.39, 0.29) is 0 Å². The average Bonchev–Trinajstić information content (AvgIpc) is 2.03. The molecule has 1 N–H and O–H groups in total. The van der Waals surface area contributed by atoms with Crippen molar-refractivity contribution in [1.82, 2.24) is 5.32 Å². The predicted octanol–water partition coefficient (Wildman–Crippen LogP) is 0.941. The van der Waals surface area contributed by atoms with Gasteiger partial charge in [0.05, 0.1) is 12.7 Å². The number of ether oxygens (including phenoxy) is 1. The molecule has 0 aromatic carbocycles. The van der Waals surface area contributed by atoms with E-state index in [9.17, 15) is 0 Å². The molecule has 2 nitrogen and oxygen atoms in total. The number of hydrogen-bond acceptors (Lipinski definition) is 2. The Hall–Kier alpha value is -0.340. The molecule has 1 aliphatic rings. The van der Waals surface area contributed by atoms with E-state index in [4.69, 9.17) is 4.74 Å². The van der Waals surface area contributed by atoms with Gasteiger partial charge in [0.2, 0.25) is 0 Å². The van der Waals surface area contributed by atoms with E-state index in [1.807, 2.05) is 0 Å². The first-order valence-corrected chi connectivity index (χ1v) is 3.92. The van der Waals surface area contributed by atoms with Crippen LogP contribution < -0.4 is 5.32 Å².